The lowest BCUT2D eigenvalue weighted by Crippen LogP contribution is -2.27. The number of fused-ring (bicyclic) bond motifs is 12. The molecule has 10 heteroatoms. The number of nitrogens with zero attached hydrogens (tertiary/aromatic N) is 4. The number of thiophene rings is 2. The summed E-state index contributed by atoms with van der Waals surface area (Å²) in [5.41, 5.74) is 18.4. The fourth-order valence-electron chi connectivity index (χ4n) is 16.1. The molecule has 0 bridgehead atoms. The fourth-order valence-corrected chi connectivity index (χ4v) is 19.5. The standard InChI is InChI=1S/C80H114N4O2S4/c1-9-15-21-27-33-39-45-79(46-40-34-28-22-16-10-2)64-54-60-65(53-59(64)69-66(79)51-57(7)71-73(69)83-89-81-71)80(47-41-35-29-23-17-11-3,48-42-36-30-24-18-12-4)67-55-61(72-74(70(60)67)84-90-82-72)68-56-63-76(86-50-44-38-32-26-20-14-6)77-62(52-58(8)87-77)75(78(63)88-68)85-49-43-37-31-25-19-13-5/h51-56H,9-50H2,1-8H3. The van der Waals surface area contributed by atoms with Crippen molar-refractivity contribution in [1.82, 2.24) is 17.5 Å². The van der Waals surface area contributed by atoms with Crippen LogP contribution in [-0.4, -0.2) is 30.7 Å². The molecule has 490 valence electrons. The Morgan fingerprint density at radius 1 is 0.333 bits per heavy atom. The molecule has 0 amide bonds. The van der Waals surface area contributed by atoms with Gasteiger partial charge >= 0.3 is 0 Å². The monoisotopic (exact) mass is 1290 g/mol. The number of benzene rings is 4. The van der Waals surface area contributed by atoms with E-state index < -0.39 is 0 Å². The van der Waals surface area contributed by atoms with E-state index in [1.54, 1.807) is 16.7 Å². The van der Waals surface area contributed by atoms with E-state index in [1.807, 2.05) is 22.7 Å². The zero-order valence-electron chi connectivity index (χ0n) is 57.4. The van der Waals surface area contributed by atoms with Crippen molar-refractivity contribution in [2.75, 3.05) is 13.2 Å². The second-order valence-corrected chi connectivity index (χ2v) is 31.3. The van der Waals surface area contributed by atoms with Crippen molar-refractivity contribution in [1.29, 1.82) is 0 Å². The molecule has 0 atom stereocenters. The number of hydrogen-bond acceptors (Lipinski definition) is 10. The van der Waals surface area contributed by atoms with Gasteiger partial charge in [0.05, 0.1) is 46.1 Å². The molecule has 0 unspecified atom stereocenters. The molecular weight excluding hydrogens is 1180 g/mol. The quantitative estimate of drug-likeness (QED) is 0.0354. The zero-order chi connectivity index (χ0) is 62.7. The minimum atomic E-state index is -0.191. The van der Waals surface area contributed by atoms with Crippen LogP contribution in [0.2, 0.25) is 0 Å². The van der Waals surface area contributed by atoms with Gasteiger partial charge in [-0.15, -0.1) is 22.7 Å². The molecule has 0 spiro atoms. The lowest BCUT2D eigenvalue weighted by Gasteiger charge is -2.35. The van der Waals surface area contributed by atoms with Crippen LogP contribution in [0.4, 0.5) is 0 Å². The largest absolute Gasteiger partial charge is 0.491 e. The molecule has 0 saturated heterocycles. The van der Waals surface area contributed by atoms with E-state index in [0.717, 1.165) is 72.5 Å². The Hall–Kier alpha value is -3.96. The highest BCUT2D eigenvalue weighted by Gasteiger charge is 2.50. The summed E-state index contributed by atoms with van der Waals surface area (Å²) in [6.45, 7) is 20.0. The van der Waals surface area contributed by atoms with E-state index in [-0.39, 0.29) is 10.8 Å². The maximum atomic E-state index is 7.15. The van der Waals surface area contributed by atoms with Crippen LogP contribution in [0.15, 0.2) is 36.4 Å². The van der Waals surface area contributed by atoms with E-state index in [4.69, 9.17) is 27.0 Å². The predicted molar refractivity (Wildman–Crippen MR) is 396 cm³/mol. The van der Waals surface area contributed by atoms with Crippen LogP contribution in [0, 0.1) is 13.8 Å². The highest BCUT2D eigenvalue weighted by atomic mass is 32.1. The third kappa shape index (κ3) is 15.4. The minimum absolute atomic E-state index is 0.103. The van der Waals surface area contributed by atoms with Crippen molar-refractivity contribution < 1.29 is 9.47 Å². The molecule has 8 aromatic rings. The molecule has 4 aromatic carbocycles. The number of rotatable bonds is 45. The average Bonchev–Trinajstić information content (AvgIpc) is 1.52. The highest BCUT2D eigenvalue weighted by molar-refractivity contribution is 7.23. The first-order valence-electron chi connectivity index (χ1n) is 37.3. The third-order valence-corrected chi connectivity index (χ3v) is 24.4. The van der Waals surface area contributed by atoms with Gasteiger partial charge in [0.25, 0.3) is 0 Å². The van der Waals surface area contributed by atoms with E-state index >= 15 is 0 Å². The predicted octanol–water partition coefficient (Wildman–Crippen LogP) is 27.4. The number of unbranched alkanes of at least 4 members (excludes halogenated alkanes) is 30. The normalized spacial score (nSPS) is 13.8. The molecule has 10 rings (SSSR count). The summed E-state index contributed by atoms with van der Waals surface area (Å²) in [5.74, 6) is 2.09. The summed E-state index contributed by atoms with van der Waals surface area (Å²) in [5, 5.41) is 2.41. The molecule has 4 aromatic heterocycles. The van der Waals surface area contributed by atoms with Crippen LogP contribution in [0.25, 0.3) is 74.9 Å². The van der Waals surface area contributed by atoms with Crippen LogP contribution in [0.5, 0.6) is 11.5 Å². The Morgan fingerprint density at radius 2 is 0.678 bits per heavy atom. The number of aryl methyl sites for hydroxylation is 2. The van der Waals surface area contributed by atoms with Crippen molar-refractivity contribution >= 4 is 88.4 Å². The Kier molecular flexibility index (Phi) is 26.4. The van der Waals surface area contributed by atoms with E-state index in [0.29, 0.717) is 0 Å². The van der Waals surface area contributed by atoms with E-state index in [9.17, 15) is 0 Å². The first-order valence-corrected chi connectivity index (χ1v) is 40.4. The van der Waals surface area contributed by atoms with Crippen LogP contribution in [-0.2, 0) is 10.8 Å². The summed E-state index contributed by atoms with van der Waals surface area (Å²) >= 11 is 6.62. The van der Waals surface area contributed by atoms with Crippen LogP contribution < -0.4 is 9.47 Å². The molecule has 2 aliphatic carbocycles. The smallest absolute Gasteiger partial charge is 0.146 e. The first-order chi connectivity index (χ1) is 44.3. The van der Waals surface area contributed by atoms with Crippen molar-refractivity contribution in [3.8, 4) is 44.2 Å². The van der Waals surface area contributed by atoms with Gasteiger partial charge in [-0.3, -0.25) is 0 Å². The van der Waals surface area contributed by atoms with Crippen molar-refractivity contribution in [3.63, 3.8) is 0 Å². The lowest BCUT2D eigenvalue weighted by atomic mass is 9.68. The Bertz CT molecular complexity index is 3420. The van der Waals surface area contributed by atoms with Crippen LogP contribution in [0.3, 0.4) is 0 Å². The summed E-state index contributed by atoms with van der Waals surface area (Å²) < 4.78 is 38.1. The van der Waals surface area contributed by atoms with Crippen molar-refractivity contribution in [3.05, 3.63) is 69.1 Å². The van der Waals surface area contributed by atoms with Gasteiger partial charge in [0, 0.05) is 48.0 Å². The number of ether oxygens (including phenoxy) is 2. The average molecular weight is 1290 g/mol. The SMILES string of the molecule is CCCCCCCCOc1c2cc(-c3cc4c(c5nsnc35)-c3cc5c(cc3C4(CCCCCCCC)CCCCCCCC)-c3c(cc(C)c4nsnc34)C5(CCCCCCCC)CCCCCCCC)sc2c(OCCCCCCCC)c2cc(C)sc12. The second kappa shape index (κ2) is 34.4. The summed E-state index contributed by atoms with van der Waals surface area (Å²) in [6, 6.07) is 15.8. The molecule has 4 heterocycles. The maximum absolute atomic E-state index is 7.15. The van der Waals surface area contributed by atoms with Gasteiger partial charge in [0.2, 0.25) is 0 Å². The van der Waals surface area contributed by atoms with Crippen LogP contribution in [0.1, 0.15) is 331 Å². The molecule has 0 N–H and O–H groups in total. The summed E-state index contributed by atoms with van der Waals surface area (Å²) in [7, 11) is 0. The number of aromatic nitrogens is 4. The van der Waals surface area contributed by atoms with Gasteiger partial charge in [-0.25, -0.2) is 0 Å². The zero-order valence-corrected chi connectivity index (χ0v) is 60.7. The number of hydrogen-bond donors (Lipinski definition) is 0. The molecule has 6 nitrogen and oxygen atoms in total. The molecule has 0 radical (unpaired) electrons. The summed E-state index contributed by atoms with van der Waals surface area (Å²) in [4.78, 5) is 2.55. The second-order valence-electron chi connectivity index (χ2n) is 27.9. The first kappa shape index (κ1) is 68.9. The van der Waals surface area contributed by atoms with Gasteiger partial charge in [0.1, 0.15) is 33.6 Å². The van der Waals surface area contributed by atoms with E-state index in [1.165, 1.54) is 323 Å². The lowest BCUT2D eigenvalue weighted by molar-refractivity contribution is 0.307. The fraction of sp³-hybridized carbons (Fsp3) is 0.650. The van der Waals surface area contributed by atoms with Crippen LogP contribution >= 0.6 is 46.1 Å². The van der Waals surface area contributed by atoms with Gasteiger partial charge in [-0.2, -0.15) is 17.5 Å². The molecule has 0 aliphatic heterocycles. The maximum Gasteiger partial charge on any atom is 0.146 e. The van der Waals surface area contributed by atoms with Gasteiger partial charge in [0.15, 0.2) is 0 Å². The molecule has 0 saturated carbocycles. The van der Waals surface area contributed by atoms with Gasteiger partial charge in [-0.05, 0) is 122 Å². The van der Waals surface area contributed by atoms with Crippen molar-refractivity contribution in [2.45, 2.75) is 323 Å². The molecular formula is C80H114N4O2S4. The minimum Gasteiger partial charge on any atom is -0.491 e. The summed E-state index contributed by atoms with van der Waals surface area (Å²) in [6.07, 6.45) is 50.5. The van der Waals surface area contributed by atoms with Crippen molar-refractivity contribution in [2.24, 2.45) is 0 Å². The topological polar surface area (TPSA) is 70.0 Å². The Balaban J connectivity index is 1.17. The van der Waals surface area contributed by atoms with Gasteiger partial charge < -0.3 is 9.47 Å². The molecule has 2 aliphatic rings. The third-order valence-electron chi connectivity index (χ3n) is 21.1. The molecule has 0 fully saturated rings. The Labute approximate surface area is 561 Å². The van der Waals surface area contributed by atoms with Gasteiger partial charge in [-0.1, -0.05) is 266 Å². The van der Waals surface area contributed by atoms with E-state index in [2.05, 4.69) is 91.8 Å². The molecule has 90 heavy (non-hydrogen) atoms. The highest BCUT2D eigenvalue weighted by Crippen LogP contribution is 2.64. The Morgan fingerprint density at radius 3 is 1.12 bits per heavy atom.